The summed E-state index contributed by atoms with van der Waals surface area (Å²) in [4.78, 5) is 6.68. The number of nitrogens with one attached hydrogen (secondary N) is 1. The van der Waals surface area contributed by atoms with Gasteiger partial charge in [0.15, 0.2) is 0 Å². The molecule has 0 bridgehead atoms. The van der Waals surface area contributed by atoms with E-state index in [0.717, 1.165) is 30.2 Å². The molecule has 2 heterocycles. The van der Waals surface area contributed by atoms with Gasteiger partial charge < -0.3 is 11.1 Å². The second-order valence-corrected chi connectivity index (χ2v) is 5.09. The average Bonchev–Trinajstić information content (AvgIpc) is 2.70. The lowest BCUT2D eigenvalue weighted by atomic mass is 10.2. The summed E-state index contributed by atoms with van der Waals surface area (Å²) in [5, 5.41) is 3.28. The van der Waals surface area contributed by atoms with Crippen molar-refractivity contribution in [1.82, 2.24) is 9.88 Å². The van der Waals surface area contributed by atoms with Crippen LogP contribution in [0.2, 0.25) is 0 Å². The molecular weight excluding hydrogens is 224 g/mol. The minimum atomic E-state index is 0.657. The molecule has 1 saturated heterocycles. The third-order valence-electron chi connectivity index (χ3n) is 3.53. The number of aryl methyl sites for hydroxylation is 1. The van der Waals surface area contributed by atoms with Crippen molar-refractivity contribution in [3.63, 3.8) is 0 Å². The zero-order chi connectivity index (χ0) is 13.1. The smallest absolute Gasteiger partial charge is 0.0603 e. The van der Waals surface area contributed by atoms with Crippen LogP contribution in [0.15, 0.2) is 24.5 Å². The van der Waals surface area contributed by atoms with Gasteiger partial charge in [0.1, 0.15) is 0 Å². The molecule has 1 aromatic rings. The SMILES string of the molecule is C=C(CN1CCC[C@H]1C)Nc1cnc(C)c(N)c1. The molecule has 4 nitrogen and oxygen atoms in total. The predicted octanol–water partition coefficient (Wildman–Crippen LogP) is 2.38. The maximum absolute atomic E-state index is 5.84. The molecule has 0 spiro atoms. The molecule has 4 heteroatoms. The van der Waals surface area contributed by atoms with Gasteiger partial charge in [0, 0.05) is 18.3 Å². The van der Waals surface area contributed by atoms with E-state index >= 15 is 0 Å². The third kappa shape index (κ3) is 3.01. The molecule has 1 fully saturated rings. The normalized spacial score (nSPS) is 20.0. The van der Waals surface area contributed by atoms with Gasteiger partial charge in [-0.15, -0.1) is 0 Å². The molecule has 1 atom stereocenters. The first-order chi connectivity index (χ1) is 8.56. The molecule has 1 aromatic heterocycles. The molecule has 0 radical (unpaired) electrons. The van der Waals surface area contributed by atoms with Gasteiger partial charge in [-0.05, 0) is 39.3 Å². The summed E-state index contributed by atoms with van der Waals surface area (Å²) in [5.74, 6) is 0. The zero-order valence-electron chi connectivity index (χ0n) is 11.2. The van der Waals surface area contributed by atoms with Crippen molar-refractivity contribution in [2.24, 2.45) is 0 Å². The number of rotatable bonds is 4. The van der Waals surface area contributed by atoms with E-state index in [1.54, 1.807) is 6.20 Å². The van der Waals surface area contributed by atoms with E-state index < -0.39 is 0 Å². The van der Waals surface area contributed by atoms with Crippen molar-refractivity contribution in [3.05, 3.63) is 30.2 Å². The fourth-order valence-electron chi connectivity index (χ4n) is 2.33. The number of hydrogen-bond donors (Lipinski definition) is 2. The number of anilines is 2. The van der Waals surface area contributed by atoms with Crippen LogP contribution in [-0.2, 0) is 0 Å². The Bertz CT molecular complexity index is 441. The molecule has 0 saturated carbocycles. The molecule has 0 amide bonds. The average molecular weight is 246 g/mol. The standard InChI is InChI=1S/C14H22N4/c1-10(9-18-6-4-5-11(18)2)17-13-7-14(15)12(3)16-8-13/h7-8,11,17H,1,4-6,9,15H2,2-3H3/t11-/m1/s1. The third-order valence-corrected chi connectivity index (χ3v) is 3.53. The molecule has 2 rings (SSSR count). The van der Waals surface area contributed by atoms with E-state index in [1.807, 2.05) is 13.0 Å². The van der Waals surface area contributed by atoms with Crippen molar-refractivity contribution in [2.45, 2.75) is 32.7 Å². The van der Waals surface area contributed by atoms with Crippen molar-refractivity contribution < 1.29 is 0 Å². The summed E-state index contributed by atoms with van der Waals surface area (Å²) >= 11 is 0. The predicted molar refractivity (Wildman–Crippen MR) is 76.4 cm³/mol. The highest BCUT2D eigenvalue weighted by Crippen LogP contribution is 2.19. The van der Waals surface area contributed by atoms with Crippen LogP contribution in [0, 0.1) is 6.92 Å². The van der Waals surface area contributed by atoms with Crippen LogP contribution in [-0.4, -0.2) is 29.0 Å². The Labute approximate surface area is 109 Å². The van der Waals surface area contributed by atoms with E-state index in [1.165, 1.54) is 12.8 Å². The Balaban J connectivity index is 1.92. The van der Waals surface area contributed by atoms with Crippen LogP contribution in [0.4, 0.5) is 11.4 Å². The van der Waals surface area contributed by atoms with E-state index in [4.69, 9.17) is 5.73 Å². The summed E-state index contributed by atoms with van der Waals surface area (Å²) in [6.07, 6.45) is 4.37. The number of pyridine rings is 1. The van der Waals surface area contributed by atoms with Gasteiger partial charge in [0.05, 0.1) is 23.3 Å². The first-order valence-corrected chi connectivity index (χ1v) is 6.47. The molecule has 3 N–H and O–H groups in total. The number of nitrogens with two attached hydrogens (primary N) is 1. The molecule has 1 aliphatic rings. The van der Waals surface area contributed by atoms with Crippen molar-refractivity contribution in [1.29, 1.82) is 0 Å². The second-order valence-electron chi connectivity index (χ2n) is 5.09. The number of nitrogen functional groups attached to an aromatic ring is 1. The fourth-order valence-corrected chi connectivity index (χ4v) is 2.33. The van der Waals surface area contributed by atoms with Crippen molar-refractivity contribution in [3.8, 4) is 0 Å². The van der Waals surface area contributed by atoms with E-state index in [9.17, 15) is 0 Å². The highest BCUT2D eigenvalue weighted by molar-refractivity contribution is 5.57. The lowest BCUT2D eigenvalue weighted by Crippen LogP contribution is -2.30. The van der Waals surface area contributed by atoms with Gasteiger partial charge in [0.2, 0.25) is 0 Å². The Hall–Kier alpha value is -1.55. The van der Waals surface area contributed by atoms with Crippen LogP contribution in [0.1, 0.15) is 25.5 Å². The molecule has 0 aromatic carbocycles. The molecule has 0 aliphatic carbocycles. The summed E-state index contributed by atoms with van der Waals surface area (Å²) in [5.41, 5.74) is 9.32. The first-order valence-electron chi connectivity index (χ1n) is 6.47. The van der Waals surface area contributed by atoms with Gasteiger partial charge in [-0.2, -0.15) is 0 Å². The molecule has 0 unspecified atom stereocenters. The molecule has 18 heavy (non-hydrogen) atoms. The highest BCUT2D eigenvalue weighted by Gasteiger charge is 2.20. The monoisotopic (exact) mass is 246 g/mol. The summed E-state index contributed by atoms with van der Waals surface area (Å²) < 4.78 is 0. The Morgan fingerprint density at radius 1 is 1.67 bits per heavy atom. The Morgan fingerprint density at radius 2 is 2.44 bits per heavy atom. The summed E-state index contributed by atoms with van der Waals surface area (Å²) in [7, 11) is 0. The minimum absolute atomic E-state index is 0.657. The van der Waals surface area contributed by atoms with Crippen LogP contribution in [0.3, 0.4) is 0 Å². The lowest BCUT2D eigenvalue weighted by molar-refractivity contribution is 0.292. The van der Waals surface area contributed by atoms with Gasteiger partial charge in [-0.1, -0.05) is 6.58 Å². The van der Waals surface area contributed by atoms with Crippen molar-refractivity contribution >= 4 is 11.4 Å². The first kappa shape index (κ1) is 12.9. The zero-order valence-corrected chi connectivity index (χ0v) is 11.2. The van der Waals surface area contributed by atoms with E-state index in [-0.39, 0.29) is 0 Å². The fraction of sp³-hybridized carbons (Fsp3) is 0.500. The summed E-state index contributed by atoms with van der Waals surface area (Å²) in [6, 6.07) is 2.56. The van der Waals surface area contributed by atoms with Gasteiger partial charge >= 0.3 is 0 Å². The quantitative estimate of drug-likeness (QED) is 0.856. The van der Waals surface area contributed by atoms with E-state index in [2.05, 4.69) is 28.7 Å². The number of nitrogens with zero attached hydrogens (tertiary/aromatic N) is 2. The number of likely N-dealkylation sites (tertiary alicyclic amines) is 1. The molecular formula is C14H22N4. The maximum atomic E-state index is 5.84. The van der Waals surface area contributed by atoms with Crippen LogP contribution in [0.5, 0.6) is 0 Å². The lowest BCUT2D eigenvalue weighted by Gasteiger charge is -2.22. The second kappa shape index (κ2) is 5.40. The van der Waals surface area contributed by atoms with E-state index in [0.29, 0.717) is 11.7 Å². The molecule has 1 aliphatic heterocycles. The van der Waals surface area contributed by atoms with Gasteiger partial charge in [-0.3, -0.25) is 9.88 Å². The van der Waals surface area contributed by atoms with Crippen LogP contribution >= 0.6 is 0 Å². The van der Waals surface area contributed by atoms with Crippen LogP contribution < -0.4 is 11.1 Å². The Kier molecular flexibility index (Phi) is 3.87. The Morgan fingerprint density at radius 3 is 3.06 bits per heavy atom. The topological polar surface area (TPSA) is 54.2 Å². The van der Waals surface area contributed by atoms with Crippen molar-refractivity contribution in [2.75, 3.05) is 24.1 Å². The van der Waals surface area contributed by atoms with Gasteiger partial charge in [0.25, 0.3) is 0 Å². The highest BCUT2D eigenvalue weighted by atomic mass is 15.2. The summed E-state index contributed by atoms with van der Waals surface area (Å²) in [6.45, 7) is 10.3. The largest absolute Gasteiger partial charge is 0.397 e. The van der Waals surface area contributed by atoms with Crippen LogP contribution in [0.25, 0.3) is 0 Å². The minimum Gasteiger partial charge on any atom is -0.397 e. The number of aromatic nitrogens is 1. The van der Waals surface area contributed by atoms with Gasteiger partial charge in [-0.25, -0.2) is 0 Å². The number of hydrogen-bond acceptors (Lipinski definition) is 4. The maximum Gasteiger partial charge on any atom is 0.0603 e. The molecule has 98 valence electrons.